The summed E-state index contributed by atoms with van der Waals surface area (Å²) in [7, 11) is 0. The van der Waals surface area contributed by atoms with Gasteiger partial charge in [0.2, 0.25) is 0 Å². The van der Waals surface area contributed by atoms with E-state index in [-0.39, 0.29) is 0 Å². The molecule has 1 saturated heterocycles. The van der Waals surface area contributed by atoms with E-state index in [2.05, 4.69) is 5.32 Å². The van der Waals surface area contributed by atoms with Gasteiger partial charge in [0.1, 0.15) is 5.67 Å². The largest absolute Gasteiger partial charge is 0.321 e. The molecule has 2 aliphatic rings. The van der Waals surface area contributed by atoms with Crippen molar-refractivity contribution in [3.63, 3.8) is 0 Å². The van der Waals surface area contributed by atoms with Crippen molar-refractivity contribution in [1.29, 1.82) is 0 Å². The fourth-order valence-electron chi connectivity index (χ4n) is 1.71. The van der Waals surface area contributed by atoms with Crippen molar-refractivity contribution in [3.05, 3.63) is 0 Å². The number of alkyl halides is 1. The predicted octanol–water partition coefficient (Wildman–Crippen LogP) is -0.211. The van der Waals surface area contributed by atoms with Crippen LogP contribution in [0.1, 0.15) is 12.8 Å². The predicted molar refractivity (Wildman–Crippen MR) is 32.9 cm³/mol. The van der Waals surface area contributed by atoms with Gasteiger partial charge in [-0.3, -0.25) is 0 Å². The maximum Gasteiger partial charge on any atom is 0.142 e. The molecule has 0 aromatic rings. The molecule has 0 unspecified atom stereocenters. The van der Waals surface area contributed by atoms with E-state index in [1.807, 2.05) is 0 Å². The van der Waals surface area contributed by atoms with Crippen molar-refractivity contribution in [2.45, 2.75) is 24.0 Å². The number of fused-ring (bicyclic) bond motifs is 1. The quantitative estimate of drug-likeness (QED) is 0.476. The van der Waals surface area contributed by atoms with Gasteiger partial charge in [0, 0.05) is 13.1 Å². The maximum absolute atomic E-state index is 13.3. The van der Waals surface area contributed by atoms with Crippen molar-refractivity contribution < 1.29 is 4.39 Å². The minimum absolute atomic E-state index is 0.462. The summed E-state index contributed by atoms with van der Waals surface area (Å²) in [6, 6.07) is 0. The van der Waals surface area contributed by atoms with Crippen LogP contribution in [0.5, 0.6) is 0 Å². The van der Waals surface area contributed by atoms with Crippen LogP contribution in [0, 0.1) is 0 Å². The van der Waals surface area contributed by atoms with Crippen LogP contribution in [0.15, 0.2) is 0 Å². The lowest BCUT2D eigenvalue weighted by Gasteiger charge is -2.46. The number of halogens is 1. The third-order valence-corrected chi connectivity index (χ3v) is 2.71. The summed E-state index contributed by atoms with van der Waals surface area (Å²) in [4.78, 5) is 0. The smallest absolute Gasteiger partial charge is 0.142 e. The Morgan fingerprint density at radius 2 is 2.11 bits per heavy atom. The first-order valence-corrected chi connectivity index (χ1v) is 3.35. The normalized spacial score (nSPS) is 56.7. The highest BCUT2D eigenvalue weighted by Gasteiger charge is 2.60. The Balaban J connectivity index is 2.26. The lowest BCUT2D eigenvalue weighted by atomic mass is 9.67. The molecule has 1 aliphatic carbocycles. The molecule has 3 heteroatoms. The summed E-state index contributed by atoms with van der Waals surface area (Å²) >= 11 is 0. The van der Waals surface area contributed by atoms with Gasteiger partial charge in [0.05, 0.1) is 5.54 Å². The monoisotopic (exact) mass is 130 g/mol. The molecule has 3 N–H and O–H groups in total. The second kappa shape index (κ2) is 1.30. The molecule has 0 amide bonds. The van der Waals surface area contributed by atoms with Crippen molar-refractivity contribution >= 4 is 0 Å². The second-order valence-corrected chi connectivity index (χ2v) is 3.22. The van der Waals surface area contributed by atoms with E-state index in [0.29, 0.717) is 19.5 Å². The van der Waals surface area contributed by atoms with Crippen LogP contribution in [0.2, 0.25) is 0 Å². The first kappa shape index (κ1) is 5.62. The first-order chi connectivity index (χ1) is 4.16. The molecule has 0 bridgehead atoms. The summed E-state index contributed by atoms with van der Waals surface area (Å²) in [6.07, 6.45) is 1.49. The molecule has 52 valence electrons. The minimum atomic E-state index is -1.06. The van der Waals surface area contributed by atoms with E-state index in [9.17, 15) is 4.39 Å². The fraction of sp³-hybridized carbons (Fsp3) is 1.00. The summed E-state index contributed by atoms with van der Waals surface area (Å²) < 4.78 is 13.3. The lowest BCUT2D eigenvalue weighted by molar-refractivity contribution is 0.00427. The van der Waals surface area contributed by atoms with Gasteiger partial charge >= 0.3 is 0 Å². The van der Waals surface area contributed by atoms with Crippen LogP contribution in [0.4, 0.5) is 4.39 Å². The van der Waals surface area contributed by atoms with E-state index < -0.39 is 11.2 Å². The van der Waals surface area contributed by atoms with Gasteiger partial charge in [-0.1, -0.05) is 0 Å². The molecule has 2 atom stereocenters. The van der Waals surface area contributed by atoms with E-state index >= 15 is 0 Å². The topological polar surface area (TPSA) is 38.0 Å². The highest BCUT2D eigenvalue weighted by molar-refractivity contribution is 5.19. The zero-order valence-electron chi connectivity index (χ0n) is 5.28. The van der Waals surface area contributed by atoms with Crippen LogP contribution in [0.3, 0.4) is 0 Å². The summed E-state index contributed by atoms with van der Waals surface area (Å²) in [5, 5.41) is 2.97. The molecule has 2 fully saturated rings. The Bertz CT molecular complexity index is 134. The summed E-state index contributed by atoms with van der Waals surface area (Å²) in [5.74, 6) is 0. The highest BCUT2D eigenvalue weighted by Crippen LogP contribution is 2.45. The molecule has 0 aromatic heterocycles. The SMILES string of the molecule is N[C@@]12CC[C@]1(F)CNC2. The van der Waals surface area contributed by atoms with E-state index in [1.165, 1.54) is 0 Å². The summed E-state index contributed by atoms with van der Waals surface area (Å²) in [6.45, 7) is 1.12. The lowest BCUT2D eigenvalue weighted by Crippen LogP contribution is -2.65. The Kier molecular flexibility index (Phi) is 0.810. The average molecular weight is 130 g/mol. The zero-order valence-corrected chi connectivity index (χ0v) is 5.28. The molecule has 0 spiro atoms. The number of nitrogens with two attached hydrogens (primary N) is 1. The second-order valence-electron chi connectivity index (χ2n) is 3.22. The van der Waals surface area contributed by atoms with Crippen molar-refractivity contribution in [2.24, 2.45) is 5.73 Å². The molecular formula is C6H11FN2. The molecule has 1 heterocycles. The molecule has 0 aromatic carbocycles. The third kappa shape index (κ3) is 0.472. The van der Waals surface area contributed by atoms with Gasteiger partial charge in [-0.2, -0.15) is 0 Å². The molecular weight excluding hydrogens is 119 g/mol. The van der Waals surface area contributed by atoms with Gasteiger partial charge in [-0.15, -0.1) is 0 Å². The standard InChI is InChI=1S/C6H11FN2/c7-5-1-2-6(5,8)4-9-3-5/h9H,1-4,8H2/t5-,6+/m0/s1. The maximum atomic E-state index is 13.3. The number of rotatable bonds is 0. The Hall–Kier alpha value is -0.150. The van der Waals surface area contributed by atoms with Crippen molar-refractivity contribution in [3.8, 4) is 0 Å². The third-order valence-electron chi connectivity index (χ3n) is 2.71. The van der Waals surface area contributed by atoms with Gasteiger partial charge in [0.25, 0.3) is 0 Å². The molecule has 0 radical (unpaired) electrons. The highest BCUT2D eigenvalue weighted by atomic mass is 19.1. The van der Waals surface area contributed by atoms with Gasteiger partial charge in [-0.05, 0) is 12.8 Å². The van der Waals surface area contributed by atoms with Crippen molar-refractivity contribution in [2.75, 3.05) is 13.1 Å². The van der Waals surface area contributed by atoms with Gasteiger partial charge in [0.15, 0.2) is 0 Å². The molecule has 1 aliphatic heterocycles. The van der Waals surface area contributed by atoms with E-state index in [0.717, 1.165) is 6.42 Å². The Morgan fingerprint density at radius 1 is 1.33 bits per heavy atom. The van der Waals surface area contributed by atoms with Gasteiger partial charge in [-0.25, -0.2) is 4.39 Å². The zero-order chi connectivity index (χ0) is 6.54. The molecule has 2 nitrogen and oxygen atoms in total. The van der Waals surface area contributed by atoms with Crippen LogP contribution in [-0.4, -0.2) is 24.3 Å². The Morgan fingerprint density at radius 3 is 2.33 bits per heavy atom. The average Bonchev–Trinajstić information content (AvgIpc) is 1.98. The van der Waals surface area contributed by atoms with Gasteiger partial charge < -0.3 is 11.1 Å². The van der Waals surface area contributed by atoms with Crippen LogP contribution in [-0.2, 0) is 0 Å². The number of hydrogen-bond acceptors (Lipinski definition) is 2. The van der Waals surface area contributed by atoms with E-state index in [1.54, 1.807) is 0 Å². The minimum Gasteiger partial charge on any atom is -0.321 e. The Labute approximate surface area is 53.6 Å². The first-order valence-electron chi connectivity index (χ1n) is 3.35. The molecule has 1 saturated carbocycles. The molecule has 2 rings (SSSR count). The van der Waals surface area contributed by atoms with Crippen LogP contribution >= 0.6 is 0 Å². The molecule has 9 heavy (non-hydrogen) atoms. The summed E-state index contributed by atoms with van der Waals surface area (Å²) in [5.41, 5.74) is 4.14. The number of hydrogen-bond donors (Lipinski definition) is 2. The van der Waals surface area contributed by atoms with Crippen LogP contribution in [0.25, 0.3) is 0 Å². The van der Waals surface area contributed by atoms with E-state index in [4.69, 9.17) is 5.73 Å². The fourth-order valence-corrected chi connectivity index (χ4v) is 1.71. The van der Waals surface area contributed by atoms with Crippen LogP contribution < -0.4 is 11.1 Å². The number of nitrogens with one attached hydrogen (secondary N) is 1. The van der Waals surface area contributed by atoms with Crippen molar-refractivity contribution in [1.82, 2.24) is 5.32 Å².